The highest BCUT2D eigenvalue weighted by atomic mass is 35.5. The van der Waals surface area contributed by atoms with E-state index in [1.165, 1.54) is 13.0 Å². The molecule has 2 N–H and O–H groups in total. The van der Waals surface area contributed by atoms with Crippen LogP contribution in [0.4, 0.5) is 0 Å². The summed E-state index contributed by atoms with van der Waals surface area (Å²) < 4.78 is 48.7. The van der Waals surface area contributed by atoms with Crippen LogP contribution >= 0.6 is 11.6 Å². The van der Waals surface area contributed by atoms with Gasteiger partial charge < -0.3 is 5.11 Å². The Morgan fingerprint density at radius 1 is 1.29 bits per heavy atom. The Kier molecular flexibility index (Phi) is 5.74. The number of hydrogen-bond donors (Lipinski definition) is 2. The van der Waals surface area contributed by atoms with Gasteiger partial charge in [-0.05, 0) is 18.2 Å². The van der Waals surface area contributed by atoms with Crippen molar-refractivity contribution in [2.75, 3.05) is 18.1 Å². The van der Waals surface area contributed by atoms with Crippen LogP contribution in [-0.2, 0) is 19.9 Å². The zero-order valence-electron chi connectivity index (χ0n) is 11.0. The minimum absolute atomic E-state index is 0.0933. The van der Waals surface area contributed by atoms with Crippen LogP contribution < -0.4 is 4.72 Å². The van der Waals surface area contributed by atoms with Gasteiger partial charge in [0.15, 0.2) is 9.84 Å². The van der Waals surface area contributed by atoms with E-state index in [-0.39, 0.29) is 28.6 Å². The topological polar surface area (TPSA) is 118 Å². The maximum absolute atomic E-state index is 12.0. The summed E-state index contributed by atoms with van der Waals surface area (Å²) >= 11 is 5.75. The lowest BCUT2D eigenvalue weighted by molar-refractivity contribution is 0.0696. The Bertz CT molecular complexity index is 742. The van der Waals surface area contributed by atoms with Crippen LogP contribution in [0.2, 0.25) is 5.02 Å². The highest BCUT2D eigenvalue weighted by Crippen LogP contribution is 2.22. The second kappa shape index (κ2) is 6.73. The fraction of sp³-hybridized carbons (Fsp3) is 0.364. The summed E-state index contributed by atoms with van der Waals surface area (Å²) in [4.78, 5) is 10.4. The number of nitrogens with one attached hydrogen (secondary N) is 1. The molecule has 7 nitrogen and oxygen atoms in total. The van der Waals surface area contributed by atoms with Gasteiger partial charge in [0, 0.05) is 12.3 Å². The van der Waals surface area contributed by atoms with Gasteiger partial charge in [0.1, 0.15) is 4.90 Å². The minimum atomic E-state index is -4.09. The molecule has 0 radical (unpaired) electrons. The van der Waals surface area contributed by atoms with E-state index in [2.05, 4.69) is 4.72 Å². The number of benzene rings is 1. The van der Waals surface area contributed by atoms with Crippen LogP contribution in [-0.4, -0.2) is 46.0 Å². The number of carboxylic acid groups (broad SMARTS) is 1. The molecule has 0 unspecified atom stereocenters. The van der Waals surface area contributed by atoms with E-state index in [4.69, 9.17) is 16.7 Å². The van der Waals surface area contributed by atoms with Gasteiger partial charge in [-0.2, -0.15) is 0 Å². The quantitative estimate of drug-likeness (QED) is 0.745. The van der Waals surface area contributed by atoms with Crippen molar-refractivity contribution in [3.05, 3.63) is 28.8 Å². The van der Waals surface area contributed by atoms with Crippen molar-refractivity contribution in [2.24, 2.45) is 0 Å². The Hall–Kier alpha value is -1.16. The smallest absolute Gasteiger partial charge is 0.335 e. The molecule has 1 rings (SSSR count). The van der Waals surface area contributed by atoms with Crippen LogP contribution in [0.25, 0.3) is 0 Å². The number of halogens is 1. The first-order chi connectivity index (χ1) is 9.59. The average Bonchev–Trinajstić information content (AvgIpc) is 2.38. The molecule has 0 aliphatic carbocycles. The number of carboxylic acids is 1. The molecule has 1 aromatic carbocycles. The number of sulfone groups is 1. The zero-order chi connectivity index (χ0) is 16.3. The third kappa shape index (κ3) is 4.95. The highest BCUT2D eigenvalue weighted by molar-refractivity contribution is 7.91. The Morgan fingerprint density at radius 3 is 2.43 bits per heavy atom. The van der Waals surface area contributed by atoms with Gasteiger partial charge in [-0.15, -0.1) is 0 Å². The highest BCUT2D eigenvalue weighted by Gasteiger charge is 2.20. The molecule has 21 heavy (non-hydrogen) atoms. The van der Waals surface area contributed by atoms with E-state index in [1.807, 2.05) is 0 Å². The lowest BCUT2D eigenvalue weighted by atomic mass is 10.2. The lowest BCUT2D eigenvalue weighted by Gasteiger charge is -2.09. The molecule has 0 amide bonds. The summed E-state index contributed by atoms with van der Waals surface area (Å²) in [6.07, 6.45) is 0. The summed E-state index contributed by atoms with van der Waals surface area (Å²) in [5.41, 5.74) is -0.235. The largest absolute Gasteiger partial charge is 0.478 e. The Morgan fingerprint density at radius 2 is 1.90 bits per heavy atom. The molecule has 0 saturated carbocycles. The van der Waals surface area contributed by atoms with Crippen molar-refractivity contribution in [2.45, 2.75) is 11.8 Å². The summed E-state index contributed by atoms with van der Waals surface area (Å²) in [6.45, 7) is 1.14. The van der Waals surface area contributed by atoms with Crippen molar-refractivity contribution in [1.29, 1.82) is 0 Å². The Balaban J connectivity index is 2.98. The molecule has 0 aliphatic rings. The van der Waals surface area contributed by atoms with Gasteiger partial charge in [-0.1, -0.05) is 18.5 Å². The molecule has 1 aromatic rings. The molecule has 0 aromatic heterocycles. The predicted octanol–water partition coefficient (Wildman–Crippen LogP) is 0.751. The number of hydrogen-bond acceptors (Lipinski definition) is 5. The first kappa shape index (κ1) is 17.9. The number of rotatable bonds is 7. The van der Waals surface area contributed by atoms with Gasteiger partial charge in [-0.3, -0.25) is 0 Å². The maximum Gasteiger partial charge on any atom is 0.335 e. The number of sulfonamides is 1. The molecule has 0 spiro atoms. The SMILES string of the molecule is CCS(=O)(=O)CCNS(=O)(=O)c1cc(C(=O)O)ccc1Cl. The van der Waals surface area contributed by atoms with E-state index < -0.39 is 30.7 Å². The minimum Gasteiger partial charge on any atom is -0.478 e. The summed E-state index contributed by atoms with van der Waals surface area (Å²) in [5, 5.41) is 8.70. The molecular weight excluding hydrogens is 342 g/mol. The molecule has 0 fully saturated rings. The molecular formula is C11H14ClNO6S2. The van der Waals surface area contributed by atoms with E-state index in [9.17, 15) is 21.6 Å². The van der Waals surface area contributed by atoms with Gasteiger partial charge in [0.05, 0.1) is 16.3 Å². The molecule has 0 saturated heterocycles. The molecule has 0 aliphatic heterocycles. The third-order valence-corrected chi connectivity index (χ3v) is 6.26. The zero-order valence-corrected chi connectivity index (χ0v) is 13.4. The predicted molar refractivity (Wildman–Crippen MR) is 77.9 cm³/mol. The van der Waals surface area contributed by atoms with Crippen LogP contribution in [0.3, 0.4) is 0 Å². The van der Waals surface area contributed by atoms with Crippen LogP contribution in [0.15, 0.2) is 23.1 Å². The van der Waals surface area contributed by atoms with Crippen molar-refractivity contribution in [3.63, 3.8) is 0 Å². The van der Waals surface area contributed by atoms with Crippen molar-refractivity contribution < 1.29 is 26.7 Å². The molecule has 118 valence electrons. The van der Waals surface area contributed by atoms with Gasteiger partial charge in [0.2, 0.25) is 10.0 Å². The number of aromatic carboxylic acids is 1. The van der Waals surface area contributed by atoms with Crippen molar-refractivity contribution >= 4 is 37.4 Å². The maximum atomic E-state index is 12.0. The monoisotopic (exact) mass is 355 g/mol. The lowest BCUT2D eigenvalue weighted by Crippen LogP contribution is -2.30. The second-order valence-corrected chi connectivity index (χ2v) is 8.70. The molecule has 0 heterocycles. The summed E-state index contributed by atoms with van der Waals surface area (Å²) in [6, 6.07) is 3.24. The van der Waals surface area contributed by atoms with Crippen molar-refractivity contribution in [3.8, 4) is 0 Å². The summed E-state index contributed by atoms with van der Waals surface area (Å²) in [5.74, 6) is -1.74. The van der Waals surface area contributed by atoms with E-state index in [0.29, 0.717) is 0 Å². The molecule has 0 bridgehead atoms. The van der Waals surface area contributed by atoms with E-state index in [0.717, 1.165) is 12.1 Å². The second-order valence-electron chi connectivity index (χ2n) is 4.08. The standard InChI is InChI=1S/C11H14ClNO6S2/c1-2-20(16,17)6-5-13-21(18,19)10-7-8(11(14)15)3-4-9(10)12/h3-4,7,13H,2,5-6H2,1H3,(H,14,15). The fourth-order valence-corrected chi connectivity index (χ4v) is 3.78. The Labute approximate surface area is 127 Å². The normalized spacial score (nSPS) is 12.3. The van der Waals surface area contributed by atoms with Gasteiger partial charge in [0.25, 0.3) is 0 Å². The molecule has 10 heteroatoms. The first-order valence-electron chi connectivity index (χ1n) is 5.82. The van der Waals surface area contributed by atoms with E-state index in [1.54, 1.807) is 0 Å². The average molecular weight is 356 g/mol. The first-order valence-corrected chi connectivity index (χ1v) is 9.50. The van der Waals surface area contributed by atoms with E-state index >= 15 is 0 Å². The third-order valence-electron chi connectivity index (χ3n) is 2.61. The number of carbonyl (C=O) groups is 1. The molecule has 0 atom stereocenters. The van der Waals surface area contributed by atoms with Crippen LogP contribution in [0.1, 0.15) is 17.3 Å². The van der Waals surface area contributed by atoms with Gasteiger partial charge in [-0.25, -0.2) is 26.4 Å². The van der Waals surface area contributed by atoms with Crippen LogP contribution in [0.5, 0.6) is 0 Å². The van der Waals surface area contributed by atoms with Crippen LogP contribution in [0, 0.1) is 0 Å². The van der Waals surface area contributed by atoms with Crippen molar-refractivity contribution in [1.82, 2.24) is 4.72 Å². The van der Waals surface area contributed by atoms with Gasteiger partial charge >= 0.3 is 5.97 Å². The fourth-order valence-electron chi connectivity index (χ4n) is 1.40. The summed E-state index contributed by atoms with van der Waals surface area (Å²) in [7, 11) is -7.40.